The van der Waals surface area contributed by atoms with Crippen molar-refractivity contribution in [1.82, 2.24) is 0 Å². The second kappa shape index (κ2) is 4.18. The average molecular weight is 219 g/mol. The first-order valence-corrected chi connectivity index (χ1v) is 3.87. The molecule has 15 heavy (non-hydrogen) atoms. The van der Waals surface area contributed by atoms with Gasteiger partial charge in [0, 0.05) is 6.07 Å². The van der Waals surface area contributed by atoms with Crippen LogP contribution in [0.4, 0.5) is 14.5 Å². The van der Waals surface area contributed by atoms with E-state index in [4.69, 9.17) is 10.2 Å². The molecule has 1 rings (SSSR count). The second-order valence-corrected chi connectivity index (χ2v) is 2.78. The third-order valence-corrected chi connectivity index (χ3v) is 1.78. The summed E-state index contributed by atoms with van der Waals surface area (Å²) < 4.78 is 24.1. The van der Waals surface area contributed by atoms with Gasteiger partial charge in [-0.25, -0.2) is 8.78 Å². The molecule has 0 aliphatic heterocycles. The van der Waals surface area contributed by atoms with E-state index in [-0.39, 0.29) is 5.56 Å². The van der Waals surface area contributed by atoms with Crippen LogP contribution in [0.5, 0.6) is 5.75 Å². The third-order valence-electron chi connectivity index (χ3n) is 1.78. The quantitative estimate of drug-likeness (QED) is 0.597. The van der Waals surface area contributed by atoms with E-state index in [1.165, 1.54) is 0 Å². The van der Waals surface area contributed by atoms with Gasteiger partial charge in [-0.2, -0.15) is 0 Å². The largest absolute Gasteiger partial charge is 0.502 e. The maximum absolute atomic E-state index is 12.0. The van der Waals surface area contributed by atoms with Gasteiger partial charge < -0.3 is 10.2 Å². The third kappa shape index (κ3) is 2.38. The highest BCUT2D eigenvalue weighted by Crippen LogP contribution is 2.30. The summed E-state index contributed by atoms with van der Waals surface area (Å²) in [4.78, 5) is 9.42. The lowest BCUT2D eigenvalue weighted by molar-refractivity contribution is -0.385. The number of nitro groups is 1. The Morgan fingerprint density at radius 2 is 2.00 bits per heavy atom. The number of nitrogens with zero attached hydrogens (tertiary/aromatic N) is 1. The molecule has 1 aromatic rings. The first-order valence-electron chi connectivity index (χ1n) is 3.87. The number of benzene rings is 1. The van der Waals surface area contributed by atoms with Crippen molar-refractivity contribution < 1.29 is 23.9 Å². The fourth-order valence-electron chi connectivity index (χ4n) is 1.02. The van der Waals surface area contributed by atoms with Crippen molar-refractivity contribution in [3.05, 3.63) is 33.9 Å². The van der Waals surface area contributed by atoms with Crippen LogP contribution >= 0.6 is 0 Å². The molecule has 1 unspecified atom stereocenters. The summed E-state index contributed by atoms with van der Waals surface area (Å²) in [5.74, 6) is -0.753. The summed E-state index contributed by atoms with van der Waals surface area (Å²) in [5, 5.41) is 28.3. The number of hydrogen-bond donors (Lipinski definition) is 2. The number of alkyl halides is 2. The van der Waals surface area contributed by atoms with E-state index in [1.54, 1.807) is 0 Å². The number of halogens is 2. The zero-order chi connectivity index (χ0) is 11.6. The zero-order valence-electron chi connectivity index (χ0n) is 7.30. The van der Waals surface area contributed by atoms with E-state index in [1.807, 2.05) is 0 Å². The second-order valence-electron chi connectivity index (χ2n) is 2.78. The van der Waals surface area contributed by atoms with E-state index in [0.29, 0.717) is 0 Å². The Morgan fingerprint density at radius 3 is 2.40 bits per heavy atom. The first-order chi connectivity index (χ1) is 6.93. The lowest BCUT2D eigenvalue weighted by atomic mass is 10.1. The van der Waals surface area contributed by atoms with Gasteiger partial charge >= 0.3 is 5.69 Å². The molecule has 0 heterocycles. The summed E-state index contributed by atoms with van der Waals surface area (Å²) >= 11 is 0. The predicted molar refractivity (Wildman–Crippen MR) is 45.7 cm³/mol. The van der Waals surface area contributed by atoms with Gasteiger partial charge in [-0.3, -0.25) is 10.1 Å². The zero-order valence-corrected chi connectivity index (χ0v) is 7.30. The Bertz CT molecular complexity index is 383. The predicted octanol–water partition coefficient (Wildman–Crippen LogP) is 1.60. The van der Waals surface area contributed by atoms with E-state index in [0.717, 1.165) is 18.2 Å². The van der Waals surface area contributed by atoms with Crippen LogP contribution < -0.4 is 0 Å². The minimum atomic E-state index is -3.01. The van der Waals surface area contributed by atoms with E-state index in [9.17, 15) is 18.9 Å². The van der Waals surface area contributed by atoms with Crippen LogP contribution in [0.3, 0.4) is 0 Å². The molecule has 0 saturated carbocycles. The molecule has 2 N–H and O–H groups in total. The van der Waals surface area contributed by atoms with Crippen molar-refractivity contribution in [1.29, 1.82) is 0 Å². The van der Waals surface area contributed by atoms with Gasteiger partial charge in [0.2, 0.25) is 0 Å². The maximum Gasteiger partial charge on any atom is 0.310 e. The number of hydrogen-bond acceptors (Lipinski definition) is 4. The van der Waals surface area contributed by atoms with E-state index in [2.05, 4.69) is 0 Å². The van der Waals surface area contributed by atoms with Crippen molar-refractivity contribution in [2.24, 2.45) is 0 Å². The van der Waals surface area contributed by atoms with Crippen LogP contribution in [-0.4, -0.2) is 21.6 Å². The van der Waals surface area contributed by atoms with E-state index < -0.39 is 28.9 Å². The minimum absolute atomic E-state index is 0.270. The minimum Gasteiger partial charge on any atom is -0.502 e. The average Bonchev–Trinajstić information content (AvgIpc) is 2.15. The summed E-state index contributed by atoms with van der Waals surface area (Å²) in [6.07, 6.45) is -5.07. The lowest BCUT2D eigenvalue weighted by Crippen LogP contribution is -2.07. The van der Waals surface area contributed by atoms with Crippen LogP contribution in [0.25, 0.3) is 0 Å². The molecule has 0 amide bonds. The fraction of sp³-hybridized carbons (Fsp3) is 0.250. The number of nitro benzene ring substituents is 1. The molecule has 0 bridgehead atoms. The number of aromatic hydroxyl groups is 1. The van der Waals surface area contributed by atoms with Crippen LogP contribution in [0.15, 0.2) is 18.2 Å². The molecule has 0 fully saturated rings. The molecular formula is C8H7F2NO4. The molecule has 0 radical (unpaired) electrons. The Kier molecular flexibility index (Phi) is 3.15. The van der Waals surface area contributed by atoms with Crippen LogP contribution in [0.1, 0.15) is 11.7 Å². The number of phenolic OH excluding ortho intramolecular Hbond substituents is 1. The maximum atomic E-state index is 12.0. The normalized spacial score (nSPS) is 12.8. The molecular weight excluding hydrogens is 212 g/mol. The molecule has 0 aromatic heterocycles. The molecule has 1 atom stereocenters. The smallest absolute Gasteiger partial charge is 0.310 e. The van der Waals surface area contributed by atoms with Crippen molar-refractivity contribution in [2.45, 2.75) is 12.5 Å². The van der Waals surface area contributed by atoms with Crippen LogP contribution in [-0.2, 0) is 0 Å². The van der Waals surface area contributed by atoms with Gasteiger partial charge in [0.25, 0.3) is 6.43 Å². The molecule has 0 aliphatic carbocycles. The van der Waals surface area contributed by atoms with Gasteiger partial charge in [-0.15, -0.1) is 0 Å². The van der Waals surface area contributed by atoms with Gasteiger partial charge in [0.05, 0.1) is 4.92 Å². The van der Waals surface area contributed by atoms with Crippen LogP contribution in [0.2, 0.25) is 0 Å². The highest BCUT2D eigenvalue weighted by Gasteiger charge is 2.22. The summed E-state index contributed by atoms with van der Waals surface area (Å²) in [6, 6.07) is 2.57. The Morgan fingerprint density at radius 1 is 1.40 bits per heavy atom. The molecule has 7 heteroatoms. The standard InChI is InChI=1S/C8H7F2NO4/c9-8(10)7(13)4-1-2-5(11(14)15)6(12)3-4/h1-3,7-8,12-13H. The lowest BCUT2D eigenvalue weighted by Gasteiger charge is -2.09. The Balaban J connectivity index is 3.06. The SMILES string of the molecule is O=[N+]([O-])c1ccc(C(O)C(F)F)cc1O. The summed E-state index contributed by atoms with van der Waals surface area (Å²) in [6.45, 7) is 0. The van der Waals surface area contributed by atoms with Crippen molar-refractivity contribution in [3.8, 4) is 5.75 Å². The first kappa shape index (κ1) is 11.3. The molecule has 0 saturated heterocycles. The number of rotatable bonds is 3. The van der Waals surface area contributed by atoms with Crippen LogP contribution in [0, 0.1) is 10.1 Å². The number of phenols is 1. The molecule has 82 valence electrons. The summed E-state index contributed by atoms with van der Waals surface area (Å²) in [5.41, 5.74) is -0.867. The summed E-state index contributed by atoms with van der Waals surface area (Å²) in [7, 11) is 0. The van der Waals surface area contributed by atoms with Crippen molar-refractivity contribution >= 4 is 5.69 Å². The topological polar surface area (TPSA) is 83.6 Å². The highest BCUT2D eigenvalue weighted by atomic mass is 19.3. The Labute approximate surface area is 82.7 Å². The molecule has 1 aromatic carbocycles. The molecule has 0 spiro atoms. The molecule has 5 nitrogen and oxygen atoms in total. The van der Waals surface area contributed by atoms with Gasteiger partial charge in [0.1, 0.15) is 6.10 Å². The Hall–Kier alpha value is -1.76. The van der Waals surface area contributed by atoms with E-state index >= 15 is 0 Å². The van der Waals surface area contributed by atoms with Crippen molar-refractivity contribution in [2.75, 3.05) is 0 Å². The van der Waals surface area contributed by atoms with Gasteiger partial charge in [-0.1, -0.05) is 0 Å². The monoisotopic (exact) mass is 219 g/mol. The van der Waals surface area contributed by atoms with Gasteiger partial charge in [-0.05, 0) is 17.7 Å². The molecule has 0 aliphatic rings. The van der Waals surface area contributed by atoms with Crippen molar-refractivity contribution in [3.63, 3.8) is 0 Å². The number of aliphatic hydroxyl groups is 1. The van der Waals surface area contributed by atoms with Gasteiger partial charge in [0.15, 0.2) is 5.75 Å². The number of aliphatic hydroxyl groups excluding tert-OH is 1. The highest BCUT2D eigenvalue weighted by molar-refractivity contribution is 5.47. The fourth-order valence-corrected chi connectivity index (χ4v) is 1.02.